The van der Waals surface area contributed by atoms with Crippen molar-refractivity contribution in [3.63, 3.8) is 0 Å². The molecule has 17 heavy (non-hydrogen) atoms. The number of halogens is 2. The van der Waals surface area contributed by atoms with Gasteiger partial charge in [0.05, 0.1) is 5.02 Å². The first-order chi connectivity index (χ1) is 8.08. The molecule has 0 amide bonds. The van der Waals surface area contributed by atoms with Gasteiger partial charge in [-0.05, 0) is 36.8 Å². The van der Waals surface area contributed by atoms with Crippen molar-refractivity contribution < 1.29 is 9.13 Å². The second kappa shape index (κ2) is 4.59. The number of nitrogens with zero attached hydrogens (tertiary/aromatic N) is 1. The molecule has 3 nitrogen and oxygen atoms in total. The second-order valence-electron chi connectivity index (χ2n) is 3.52. The fourth-order valence-corrected chi connectivity index (χ4v) is 1.51. The number of nitrogen functional groups attached to an aromatic ring is 1. The Hall–Kier alpha value is -1.81. The number of nitrogens with two attached hydrogens (primary N) is 1. The topological polar surface area (TPSA) is 48.1 Å². The first kappa shape index (κ1) is 11.7. The molecule has 0 spiro atoms. The van der Waals surface area contributed by atoms with Crippen LogP contribution in [0.5, 0.6) is 11.5 Å². The number of pyridine rings is 1. The highest BCUT2D eigenvalue weighted by molar-refractivity contribution is 6.32. The molecular weight excluding hydrogens is 243 g/mol. The van der Waals surface area contributed by atoms with Crippen LogP contribution in [0.25, 0.3) is 0 Å². The molecule has 0 saturated carbocycles. The van der Waals surface area contributed by atoms with E-state index in [2.05, 4.69) is 4.98 Å². The summed E-state index contributed by atoms with van der Waals surface area (Å²) in [5, 5.41) is 0.191. The van der Waals surface area contributed by atoms with E-state index in [4.69, 9.17) is 22.1 Å². The second-order valence-corrected chi connectivity index (χ2v) is 3.93. The van der Waals surface area contributed by atoms with Crippen molar-refractivity contribution in [1.82, 2.24) is 4.98 Å². The van der Waals surface area contributed by atoms with Crippen LogP contribution in [0, 0.1) is 12.7 Å². The zero-order valence-corrected chi connectivity index (χ0v) is 9.83. The number of hydrogen-bond acceptors (Lipinski definition) is 3. The summed E-state index contributed by atoms with van der Waals surface area (Å²) in [6.45, 7) is 1.63. The Morgan fingerprint density at radius 1 is 1.35 bits per heavy atom. The molecule has 2 aromatic rings. The number of hydrogen-bond donors (Lipinski definition) is 1. The van der Waals surface area contributed by atoms with Crippen LogP contribution in [0.4, 0.5) is 10.2 Å². The highest BCUT2D eigenvalue weighted by atomic mass is 35.5. The monoisotopic (exact) mass is 252 g/mol. The molecule has 1 heterocycles. The molecule has 0 unspecified atom stereocenters. The highest BCUT2D eigenvalue weighted by Gasteiger charge is 2.09. The lowest BCUT2D eigenvalue weighted by molar-refractivity contribution is 0.480. The average molecular weight is 253 g/mol. The van der Waals surface area contributed by atoms with Crippen molar-refractivity contribution in [2.24, 2.45) is 0 Å². The normalized spacial score (nSPS) is 10.3. The van der Waals surface area contributed by atoms with Gasteiger partial charge < -0.3 is 10.5 Å². The molecule has 0 radical (unpaired) electrons. The van der Waals surface area contributed by atoms with Gasteiger partial charge in [-0.25, -0.2) is 9.37 Å². The lowest BCUT2D eigenvalue weighted by Crippen LogP contribution is -1.95. The maximum absolute atomic E-state index is 13.2. The summed E-state index contributed by atoms with van der Waals surface area (Å²) >= 11 is 5.88. The van der Waals surface area contributed by atoms with Crippen molar-refractivity contribution >= 4 is 17.4 Å². The Morgan fingerprint density at radius 2 is 2.12 bits per heavy atom. The number of ether oxygens (including phenoxy) is 1. The van der Waals surface area contributed by atoms with E-state index in [0.29, 0.717) is 17.1 Å². The van der Waals surface area contributed by atoms with E-state index >= 15 is 0 Å². The molecule has 1 aromatic carbocycles. The van der Waals surface area contributed by atoms with E-state index in [1.165, 1.54) is 12.1 Å². The summed E-state index contributed by atoms with van der Waals surface area (Å²) in [5.74, 6) is 0.623. The van der Waals surface area contributed by atoms with Crippen LogP contribution < -0.4 is 10.5 Å². The van der Waals surface area contributed by atoms with E-state index in [1.807, 2.05) is 0 Å². The summed E-state index contributed by atoms with van der Waals surface area (Å²) < 4.78 is 18.7. The number of aryl methyl sites for hydroxylation is 1. The molecule has 5 heteroatoms. The fourth-order valence-electron chi connectivity index (χ4n) is 1.32. The van der Waals surface area contributed by atoms with E-state index in [-0.39, 0.29) is 16.7 Å². The largest absolute Gasteiger partial charge is 0.452 e. The Bertz CT molecular complexity index is 560. The van der Waals surface area contributed by atoms with Crippen LogP contribution in [-0.2, 0) is 0 Å². The lowest BCUT2D eigenvalue weighted by atomic mass is 10.2. The summed E-state index contributed by atoms with van der Waals surface area (Å²) in [5.41, 5.74) is 6.08. The van der Waals surface area contributed by atoms with Gasteiger partial charge in [-0.2, -0.15) is 0 Å². The molecule has 0 bridgehead atoms. The molecule has 2 N–H and O–H groups in total. The molecule has 0 aliphatic heterocycles. The number of aromatic nitrogens is 1. The lowest BCUT2D eigenvalue weighted by Gasteiger charge is -2.10. The standard InChI is InChI=1S/C12H10ClFN2O/c1-7-5-11(8(13)6-9(7)14)17-10-3-2-4-16-12(10)15/h2-6H,1H3,(H2,15,16). The van der Waals surface area contributed by atoms with Crippen molar-refractivity contribution in [3.05, 3.63) is 46.9 Å². The third kappa shape index (κ3) is 2.47. The molecule has 1 aromatic heterocycles. The predicted molar refractivity (Wildman–Crippen MR) is 64.9 cm³/mol. The van der Waals surface area contributed by atoms with Crippen molar-refractivity contribution in [1.29, 1.82) is 0 Å². The number of benzene rings is 1. The minimum Gasteiger partial charge on any atom is -0.452 e. The van der Waals surface area contributed by atoms with E-state index < -0.39 is 0 Å². The first-order valence-corrected chi connectivity index (χ1v) is 5.29. The van der Waals surface area contributed by atoms with E-state index in [9.17, 15) is 4.39 Å². The van der Waals surface area contributed by atoms with Gasteiger partial charge in [0.15, 0.2) is 11.6 Å². The van der Waals surface area contributed by atoms with Gasteiger partial charge in [-0.1, -0.05) is 11.6 Å². The summed E-state index contributed by atoms with van der Waals surface area (Å²) in [7, 11) is 0. The molecular formula is C12H10ClFN2O. The van der Waals surface area contributed by atoms with Crippen molar-refractivity contribution in [3.8, 4) is 11.5 Å². The van der Waals surface area contributed by atoms with Crippen LogP contribution in [0.2, 0.25) is 5.02 Å². The molecule has 0 aliphatic carbocycles. The van der Waals surface area contributed by atoms with Crippen LogP contribution in [0.3, 0.4) is 0 Å². The maximum atomic E-state index is 13.2. The minimum atomic E-state index is -0.374. The summed E-state index contributed by atoms with van der Waals surface area (Å²) in [6.07, 6.45) is 1.56. The molecule has 0 fully saturated rings. The summed E-state index contributed by atoms with van der Waals surface area (Å²) in [4.78, 5) is 3.88. The zero-order valence-electron chi connectivity index (χ0n) is 9.08. The van der Waals surface area contributed by atoms with Gasteiger partial charge in [-0.3, -0.25) is 0 Å². The SMILES string of the molecule is Cc1cc(Oc2cccnc2N)c(Cl)cc1F. The molecule has 0 saturated heterocycles. The van der Waals surface area contributed by atoms with Gasteiger partial charge in [0, 0.05) is 6.20 Å². The maximum Gasteiger partial charge on any atom is 0.169 e. The Morgan fingerprint density at radius 3 is 2.82 bits per heavy atom. The third-order valence-electron chi connectivity index (χ3n) is 2.23. The first-order valence-electron chi connectivity index (χ1n) is 4.92. The quantitative estimate of drug-likeness (QED) is 0.889. The van der Waals surface area contributed by atoms with Crippen LogP contribution in [-0.4, -0.2) is 4.98 Å². The fraction of sp³-hybridized carbons (Fsp3) is 0.0833. The van der Waals surface area contributed by atoms with Gasteiger partial charge in [0.2, 0.25) is 0 Å². The molecule has 88 valence electrons. The van der Waals surface area contributed by atoms with Crippen molar-refractivity contribution in [2.45, 2.75) is 6.92 Å². The Kier molecular flexibility index (Phi) is 3.15. The Balaban J connectivity index is 2.37. The smallest absolute Gasteiger partial charge is 0.169 e. The summed E-state index contributed by atoms with van der Waals surface area (Å²) in [6, 6.07) is 6.08. The minimum absolute atomic E-state index is 0.191. The third-order valence-corrected chi connectivity index (χ3v) is 2.53. The Labute approximate surface area is 103 Å². The highest BCUT2D eigenvalue weighted by Crippen LogP contribution is 2.33. The van der Waals surface area contributed by atoms with Crippen LogP contribution in [0.1, 0.15) is 5.56 Å². The van der Waals surface area contributed by atoms with Gasteiger partial charge in [0.1, 0.15) is 11.6 Å². The van der Waals surface area contributed by atoms with E-state index in [0.717, 1.165) is 0 Å². The van der Waals surface area contributed by atoms with Crippen LogP contribution >= 0.6 is 11.6 Å². The van der Waals surface area contributed by atoms with E-state index in [1.54, 1.807) is 25.3 Å². The number of anilines is 1. The molecule has 2 rings (SSSR count). The van der Waals surface area contributed by atoms with Crippen LogP contribution in [0.15, 0.2) is 30.5 Å². The average Bonchev–Trinajstić information content (AvgIpc) is 2.29. The zero-order chi connectivity index (χ0) is 12.4. The molecule has 0 atom stereocenters. The number of rotatable bonds is 2. The van der Waals surface area contributed by atoms with Gasteiger partial charge >= 0.3 is 0 Å². The van der Waals surface area contributed by atoms with Gasteiger partial charge in [-0.15, -0.1) is 0 Å². The van der Waals surface area contributed by atoms with Gasteiger partial charge in [0.25, 0.3) is 0 Å². The van der Waals surface area contributed by atoms with Crippen molar-refractivity contribution in [2.75, 3.05) is 5.73 Å². The predicted octanol–water partition coefficient (Wildman–Crippen LogP) is 3.56. The molecule has 0 aliphatic rings.